The van der Waals surface area contributed by atoms with Gasteiger partial charge in [-0.15, -0.1) is 0 Å². The molecule has 9 heteroatoms. The molecule has 0 saturated carbocycles. The molecule has 6 nitrogen and oxygen atoms in total. The molecular weight excluding hydrogens is 380 g/mol. The van der Waals surface area contributed by atoms with Crippen molar-refractivity contribution in [1.29, 1.82) is 0 Å². The van der Waals surface area contributed by atoms with Crippen molar-refractivity contribution in [3.8, 4) is 5.88 Å². The molecule has 21 heavy (non-hydrogen) atoms. The van der Waals surface area contributed by atoms with E-state index in [1.54, 1.807) is 6.20 Å². The Kier molecular flexibility index (Phi) is 9.29. The van der Waals surface area contributed by atoms with Crippen molar-refractivity contribution in [3.63, 3.8) is 0 Å². The van der Waals surface area contributed by atoms with Crippen LogP contribution >= 0.6 is 15.9 Å². The van der Waals surface area contributed by atoms with Crippen LogP contribution in [0.5, 0.6) is 5.88 Å². The van der Waals surface area contributed by atoms with Crippen molar-refractivity contribution >= 4 is 36.2 Å². The molecule has 0 aliphatic rings. The number of unbranched alkanes of at least 4 members (excludes halogenated alkanes) is 2. The predicted molar refractivity (Wildman–Crippen MR) is 88.2 cm³/mol. The summed E-state index contributed by atoms with van der Waals surface area (Å²) in [7, 11) is -3.49. The highest BCUT2D eigenvalue weighted by atomic mass is 79.9. The highest BCUT2D eigenvalue weighted by Crippen LogP contribution is 2.12. The molecule has 120 valence electrons. The van der Waals surface area contributed by atoms with E-state index in [0.29, 0.717) is 19.0 Å². The lowest BCUT2D eigenvalue weighted by atomic mass is 10.2. The first-order valence-corrected chi connectivity index (χ1v) is 9.70. The molecule has 1 aromatic heterocycles. The minimum atomic E-state index is -3.49. The van der Waals surface area contributed by atoms with E-state index < -0.39 is 9.05 Å². The van der Waals surface area contributed by atoms with Crippen LogP contribution < -0.4 is 10.1 Å². The number of nitrogens with zero attached hydrogens (tertiary/aromatic N) is 1. The van der Waals surface area contributed by atoms with E-state index in [1.165, 1.54) is 0 Å². The van der Waals surface area contributed by atoms with Crippen LogP contribution in [0.3, 0.4) is 0 Å². The Bertz CT molecular complexity index is 496. The molecular formula is C12H19BrN2O4S2. The first kappa shape index (κ1) is 18.7. The fraction of sp³-hybridized carbons (Fsp3) is 0.583. The second kappa shape index (κ2) is 10.4. The first-order valence-electron chi connectivity index (χ1n) is 6.54. The minimum Gasteiger partial charge on any atom is -0.478 e. The average Bonchev–Trinajstić information content (AvgIpc) is 2.42. The molecule has 0 bridgehead atoms. The molecule has 0 amide bonds. The second-order valence-electron chi connectivity index (χ2n) is 4.22. The molecule has 1 aromatic rings. The Labute approximate surface area is 138 Å². The lowest BCUT2D eigenvalue weighted by Crippen LogP contribution is -2.22. The van der Waals surface area contributed by atoms with E-state index in [9.17, 15) is 4.21 Å². The van der Waals surface area contributed by atoms with Crippen LogP contribution in [0.25, 0.3) is 0 Å². The summed E-state index contributed by atoms with van der Waals surface area (Å²) in [5.41, 5.74) is 0. The number of hydrogen-bond donors (Lipinski definition) is 2. The standard InChI is InChI=1S/C12H19BrN2O4S2/c13-11-4-5-12(15-10-11)18-8-3-1-2-6-14-7-9-19-21(16,17)20/h4-5,10,14H,1-3,6-9H2,(H,16,17,20). The molecule has 0 radical (unpaired) electrons. The summed E-state index contributed by atoms with van der Waals surface area (Å²) in [6.45, 7) is 2.11. The highest BCUT2D eigenvalue weighted by Gasteiger charge is 1.98. The Morgan fingerprint density at radius 1 is 1.29 bits per heavy atom. The molecule has 0 spiro atoms. The number of ether oxygens (including phenoxy) is 1. The van der Waals surface area contributed by atoms with Crippen LogP contribution in [-0.4, -0.2) is 40.0 Å². The zero-order chi connectivity index (χ0) is 15.6. The van der Waals surface area contributed by atoms with E-state index in [4.69, 9.17) is 9.29 Å². The molecule has 1 rings (SSSR count). The monoisotopic (exact) mass is 398 g/mol. The molecule has 0 fully saturated rings. The van der Waals surface area contributed by atoms with Gasteiger partial charge in [-0.25, -0.2) is 4.98 Å². The van der Waals surface area contributed by atoms with Gasteiger partial charge < -0.3 is 10.1 Å². The first-order chi connectivity index (χ1) is 9.97. The average molecular weight is 399 g/mol. The minimum absolute atomic E-state index is 0.136. The van der Waals surface area contributed by atoms with Crippen molar-refractivity contribution in [3.05, 3.63) is 22.8 Å². The van der Waals surface area contributed by atoms with Gasteiger partial charge in [0.25, 0.3) is 9.05 Å². The fourth-order valence-corrected chi connectivity index (χ4v) is 2.23. The van der Waals surface area contributed by atoms with Crippen molar-refractivity contribution in [1.82, 2.24) is 10.3 Å². The van der Waals surface area contributed by atoms with Gasteiger partial charge in [-0.3, -0.25) is 8.74 Å². The highest BCUT2D eigenvalue weighted by molar-refractivity contribution is 9.10. The molecule has 2 N–H and O–H groups in total. The predicted octanol–water partition coefficient (Wildman–Crippen LogP) is 2.13. The third-order valence-electron chi connectivity index (χ3n) is 2.46. The van der Waals surface area contributed by atoms with Crippen LogP contribution in [-0.2, 0) is 24.4 Å². The van der Waals surface area contributed by atoms with Crippen molar-refractivity contribution in [2.45, 2.75) is 19.3 Å². The van der Waals surface area contributed by atoms with Crippen LogP contribution in [0.4, 0.5) is 0 Å². The molecule has 1 atom stereocenters. The summed E-state index contributed by atoms with van der Waals surface area (Å²) in [5, 5.41) is 3.11. The topological polar surface area (TPSA) is 80.7 Å². The Hall–Kier alpha value is -0.320. The lowest BCUT2D eigenvalue weighted by molar-refractivity contribution is 0.290. The van der Waals surface area contributed by atoms with Gasteiger partial charge in [-0.2, -0.15) is 4.21 Å². The van der Waals surface area contributed by atoms with Gasteiger partial charge in [0, 0.05) is 34.5 Å². The van der Waals surface area contributed by atoms with Crippen molar-refractivity contribution in [2.75, 3.05) is 26.3 Å². The summed E-state index contributed by atoms with van der Waals surface area (Å²) in [4.78, 5) is 4.12. The summed E-state index contributed by atoms with van der Waals surface area (Å²) in [6.07, 6.45) is 4.68. The van der Waals surface area contributed by atoms with Gasteiger partial charge >= 0.3 is 0 Å². The van der Waals surface area contributed by atoms with Crippen molar-refractivity contribution in [2.24, 2.45) is 0 Å². The van der Waals surface area contributed by atoms with E-state index in [-0.39, 0.29) is 6.61 Å². The quantitative estimate of drug-likeness (QED) is 0.552. The van der Waals surface area contributed by atoms with E-state index >= 15 is 0 Å². The lowest BCUT2D eigenvalue weighted by Gasteiger charge is -2.06. The third-order valence-corrected chi connectivity index (χ3v) is 3.68. The number of halogens is 1. The molecule has 1 unspecified atom stereocenters. The van der Waals surface area contributed by atoms with E-state index in [2.05, 4.69) is 41.6 Å². The largest absolute Gasteiger partial charge is 0.478 e. The zero-order valence-corrected chi connectivity index (χ0v) is 14.7. The van der Waals surface area contributed by atoms with Crippen LogP contribution in [0, 0.1) is 0 Å². The summed E-state index contributed by atoms with van der Waals surface area (Å²) in [6, 6.07) is 3.71. The van der Waals surface area contributed by atoms with Gasteiger partial charge in [0.05, 0.1) is 13.2 Å². The van der Waals surface area contributed by atoms with Gasteiger partial charge in [0.2, 0.25) is 5.88 Å². The van der Waals surface area contributed by atoms with E-state index in [1.807, 2.05) is 12.1 Å². The number of hydrogen-bond acceptors (Lipinski definition) is 6. The molecule has 0 aromatic carbocycles. The fourth-order valence-electron chi connectivity index (χ4n) is 1.50. The zero-order valence-electron chi connectivity index (χ0n) is 11.5. The van der Waals surface area contributed by atoms with Gasteiger partial charge in [-0.1, -0.05) is 0 Å². The maximum Gasteiger partial charge on any atom is 0.266 e. The van der Waals surface area contributed by atoms with Crippen LogP contribution in [0.15, 0.2) is 22.8 Å². The Morgan fingerprint density at radius 3 is 2.76 bits per heavy atom. The second-order valence-corrected chi connectivity index (χ2v) is 7.49. The molecule has 0 aliphatic carbocycles. The number of nitrogens with one attached hydrogen (secondary N) is 1. The SMILES string of the molecule is O=S(O)(=S)OCCNCCCCCOc1ccc(Br)cn1. The number of aromatic nitrogens is 1. The summed E-state index contributed by atoms with van der Waals surface area (Å²) >= 11 is 7.51. The third kappa shape index (κ3) is 11.0. The summed E-state index contributed by atoms with van der Waals surface area (Å²) in [5.74, 6) is 0.630. The molecule has 0 aliphatic heterocycles. The maximum absolute atomic E-state index is 10.6. The Balaban J connectivity index is 1.90. The number of rotatable bonds is 11. The smallest absolute Gasteiger partial charge is 0.266 e. The van der Waals surface area contributed by atoms with Crippen LogP contribution in [0.2, 0.25) is 0 Å². The number of pyridine rings is 1. The van der Waals surface area contributed by atoms with Gasteiger partial charge in [0.1, 0.15) is 0 Å². The van der Waals surface area contributed by atoms with Gasteiger partial charge in [-0.05, 0) is 47.8 Å². The van der Waals surface area contributed by atoms with Gasteiger partial charge in [0.15, 0.2) is 0 Å². The maximum atomic E-state index is 10.6. The van der Waals surface area contributed by atoms with E-state index in [0.717, 1.165) is 30.3 Å². The summed E-state index contributed by atoms with van der Waals surface area (Å²) < 4.78 is 30.3. The molecule has 1 heterocycles. The Morgan fingerprint density at radius 2 is 2.10 bits per heavy atom. The van der Waals surface area contributed by atoms with Crippen molar-refractivity contribution < 1.29 is 17.7 Å². The molecule has 0 saturated heterocycles. The normalized spacial score (nSPS) is 13.8. The van der Waals surface area contributed by atoms with Crippen LogP contribution in [0.1, 0.15) is 19.3 Å².